The van der Waals surface area contributed by atoms with Crippen LogP contribution in [0.4, 0.5) is 5.82 Å². The summed E-state index contributed by atoms with van der Waals surface area (Å²) in [6.07, 6.45) is 8.00. The van der Waals surface area contributed by atoms with Gasteiger partial charge in [0.2, 0.25) is 0 Å². The van der Waals surface area contributed by atoms with Crippen molar-refractivity contribution in [2.45, 2.75) is 25.4 Å². The Morgan fingerprint density at radius 1 is 1.11 bits per heavy atom. The van der Waals surface area contributed by atoms with E-state index in [9.17, 15) is 9.59 Å². The van der Waals surface area contributed by atoms with Crippen molar-refractivity contribution in [2.24, 2.45) is 0 Å². The fraction of sp³-hybridized carbons (Fsp3) is 0.286. The first-order valence-electron chi connectivity index (χ1n) is 12.2. The smallest absolute Gasteiger partial charge is 0.255 e. The lowest BCUT2D eigenvalue weighted by atomic mass is 10.0. The van der Waals surface area contributed by atoms with Gasteiger partial charge in [-0.25, -0.2) is 4.98 Å². The van der Waals surface area contributed by atoms with Gasteiger partial charge in [-0.05, 0) is 60.5 Å². The number of hydrogen-bond acceptors (Lipinski definition) is 7. The molecule has 0 spiro atoms. The molecule has 2 aromatic heterocycles. The Balaban J connectivity index is 1.19. The molecule has 0 bridgehead atoms. The van der Waals surface area contributed by atoms with E-state index < -0.39 is 0 Å². The minimum atomic E-state index is -0.125. The van der Waals surface area contributed by atoms with E-state index >= 15 is 0 Å². The number of nitrogens with zero attached hydrogens (tertiary/aromatic N) is 3. The summed E-state index contributed by atoms with van der Waals surface area (Å²) in [5.41, 5.74) is 9.52. The Kier molecular flexibility index (Phi) is 7.48. The summed E-state index contributed by atoms with van der Waals surface area (Å²) in [5, 5.41) is 0.507. The van der Waals surface area contributed by atoms with Gasteiger partial charge < -0.3 is 20.1 Å². The van der Waals surface area contributed by atoms with Gasteiger partial charge in [-0.3, -0.25) is 14.6 Å². The van der Waals surface area contributed by atoms with Crippen LogP contribution >= 0.6 is 11.6 Å². The lowest BCUT2D eigenvalue weighted by Crippen LogP contribution is -2.40. The molecule has 2 N–H and O–H groups in total. The molecule has 0 saturated carbocycles. The van der Waals surface area contributed by atoms with E-state index in [1.54, 1.807) is 41.6 Å². The lowest BCUT2D eigenvalue weighted by molar-refractivity contribution is -0.115. The van der Waals surface area contributed by atoms with Gasteiger partial charge in [0.05, 0.1) is 29.5 Å². The van der Waals surface area contributed by atoms with Crippen molar-refractivity contribution in [1.82, 2.24) is 14.9 Å². The molecule has 5 rings (SSSR count). The Morgan fingerprint density at radius 2 is 1.95 bits per heavy atom. The number of rotatable bonds is 7. The standard InChI is InChI=1S/C28H27ClN4O4/c29-24-15-20(25-7-3-19(17-31-25)28(35)33-9-11-36-12-10-33)13-21-14-23(37-27(21)24)6-5-22(34)4-1-18-2-8-26(30)32-16-18/h1-4,7-8,13,15-17,23H,5-6,9-12,14H2,(H2,30,32)/b4-1+. The fourth-order valence-electron chi connectivity index (χ4n) is 4.43. The minimum absolute atomic E-state index is 0.0130. The van der Waals surface area contributed by atoms with Crippen LogP contribution in [-0.2, 0) is 16.0 Å². The van der Waals surface area contributed by atoms with E-state index in [1.165, 1.54) is 0 Å². The molecule has 1 aromatic carbocycles. The molecule has 8 nitrogen and oxygen atoms in total. The molecule has 0 aliphatic carbocycles. The number of halogens is 1. The molecule has 1 amide bonds. The molecule has 4 heterocycles. The van der Waals surface area contributed by atoms with E-state index in [0.717, 1.165) is 22.4 Å². The van der Waals surface area contributed by atoms with E-state index in [0.29, 0.717) is 67.7 Å². The monoisotopic (exact) mass is 518 g/mol. The van der Waals surface area contributed by atoms with Gasteiger partial charge >= 0.3 is 0 Å². The largest absolute Gasteiger partial charge is 0.488 e. The number of amides is 1. The first-order valence-corrected chi connectivity index (χ1v) is 12.6. The van der Waals surface area contributed by atoms with Crippen LogP contribution in [-0.4, -0.2) is 59.0 Å². The highest BCUT2D eigenvalue weighted by Crippen LogP contribution is 2.40. The highest BCUT2D eigenvalue weighted by Gasteiger charge is 2.26. The first kappa shape index (κ1) is 24.9. The van der Waals surface area contributed by atoms with Gasteiger partial charge in [0.25, 0.3) is 5.91 Å². The zero-order valence-electron chi connectivity index (χ0n) is 20.2. The van der Waals surface area contributed by atoms with Crippen LogP contribution in [0.5, 0.6) is 5.75 Å². The summed E-state index contributed by atoms with van der Waals surface area (Å²) in [4.78, 5) is 35.3. The second kappa shape index (κ2) is 11.1. The average molecular weight is 519 g/mol. The molecule has 0 radical (unpaired) electrons. The summed E-state index contributed by atoms with van der Waals surface area (Å²) in [6, 6.07) is 11.0. The number of carbonyl (C=O) groups is 2. The molecule has 3 aromatic rings. The molecule has 2 aliphatic rings. The zero-order chi connectivity index (χ0) is 25.8. The second-order valence-corrected chi connectivity index (χ2v) is 9.49. The molecule has 1 unspecified atom stereocenters. The Labute approximate surface area is 220 Å². The van der Waals surface area contributed by atoms with E-state index in [1.807, 2.05) is 24.3 Å². The van der Waals surface area contributed by atoms with Gasteiger partial charge in [-0.15, -0.1) is 0 Å². The van der Waals surface area contributed by atoms with Crippen molar-refractivity contribution >= 4 is 35.2 Å². The van der Waals surface area contributed by atoms with E-state index in [2.05, 4.69) is 9.97 Å². The highest BCUT2D eigenvalue weighted by molar-refractivity contribution is 6.32. The van der Waals surface area contributed by atoms with Gasteiger partial charge in [0.15, 0.2) is 5.78 Å². The summed E-state index contributed by atoms with van der Waals surface area (Å²) in [5.74, 6) is 1.07. The number of allylic oxidation sites excluding steroid dienone is 1. The minimum Gasteiger partial charge on any atom is -0.488 e. The Morgan fingerprint density at radius 3 is 2.68 bits per heavy atom. The molecule has 37 heavy (non-hydrogen) atoms. The van der Waals surface area contributed by atoms with Crippen molar-refractivity contribution in [3.63, 3.8) is 0 Å². The Hall–Kier alpha value is -3.75. The zero-order valence-corrected chi connectivity index (χ0v) is 21.0. The maximum atomic E-state index is 12.7. The average Bonchev–Trinajstić information content (AvgIpc) is 3.35. The van der Waals surface area contributed by atoms with Crippen LogP contribution in [0.25, 0.3) is 17.3 Å². The topological polar surface area (TPSA) is 108 Å². The van der Waals surface area contributed by atoms with Crippen LogP contribution in [0, 0.1) is 0 Å². The van der Waals surface area contributed by atoms with Gasteiger partial charge in [-0.1, -0.05) is 11.6 Å². The number of pyridine rings is 2. The number of benzene rings is 1. The number of hydrogen-bond donors (Lipinski definition) is 1. The number of carbonyl (C=O) groups excluding carboxylic acids is 2. The third-order valence-electron chi connectivity index (χ3n) is 6.44. The molecular weight excluding hydrogens is 492 g/mol. The van der Waals surface area contributed by atoms with Gasteiger partial charge in [-0.2, -0.15) is 0 Å². The summed E-state index contributed by atoms with van der Waals surface area (Å²) in [6.45, 7) is 2.29. The number of ketones is 1. The van der Waals surface area contributed by atoms with E-state index in [4.69, 9.17) is 26.8 Å². The van der Waals surface area contributed by atoms with Crippen LogP contribution in [0.1, 0.15) is 34.3 Å². The number of fused-ring (bicyclic) bond motifs is 1. The third-order valence-corrected chi connectivity index (χ3v) is 6.72. The van der Waals surface area contributed by atoms with Crippen molar-refractivity contribution in [1.29, 1.82) is 0 Å². The predicted molar refractivity (Wildman–Crippen MR) is 141 cm³/mol. The first-order chi connectivity index (χ1) is 18.0. The quantitative estimate of drug-likeness (QED) is 0.466. The van der Waals surface area contributed by atoms with Crippen LogP contribution in [0.15, 0.2) is 54.9 Å². The predicted octanol–water partition coefficient (Wildman–Crippen LogP) is 4.22. The molecule has 9 heteroatoms. The Bertz CT molecular complexity index is 1320. The summed E-state index contributed by atoms with van der Waals surface area (Å²) >= 11 is 6.55. The van der Waals surface area contributed by atoms with Crippen molar-refractivity contribution < 1.29 is 19.1 Å². The van der Waals surface area contributed by atoms with Crippen LogP contribution in [0.3, 0.4) is 0 Å². The molecular formula is C28H27ClN4O4. The molecule has 1 atom stereocenters. The summed E-state index contributed by atoms with van der Waals surface area (Å²) < 4.78 is 11.4. The number of aromatic nitrogens is 2. The van der Waals surface area contributed by atoms with Gasteiger partial charge in [0.1, 0.15) is 17.7 Å². The van der Waals surface area contributed by atoms with Crippen molar-refractivity contribution in [3.05, 3.63) is 76.6 Å². The number of ether oxygens (including phenoxy) is 2. The highest BCUT2D eigenvalue weighted by atomic mass is 35.5. The van der Waals surface area contributed by atoms with Crippen molar-refractivity contribution in [2.75, 3.05) is 32.0 Å². The van der Waals surface area contributed by atoms with Gasteiger partial charge in [0, 0.05) is 49.5 Å². The summed E-state index contributed by atoms with van der Waals surface area (Å²) in [7, 11) is 0. The number of anilines is 1. The third kappa shape index (κ3) is 5.98. The number of nitrogens with two attached hydrogens (primary N) is 1. The maximum Gasteiger partial charge on any atom is 0.255 e. The lowest BCUT2D eigenvalue weighted by Gasteiger charge is -2.26. The maximum absolute atomic E-state index is 12.7. The molecule has 1 saturated heterocycles. The van der Waals surface area contributed by atoms with E-state index in [-0.39, 0.29) is 17.8 Å². The number of nitrogen functional groups attached to an aromatic ring is 1. The van der Waals surface area contributed by atoms with Crippen LogP contribution < -0.4 is 10.5 Å². The van der Waals surface area contributed by atoms with Crippen molar-refractivity contribution in [3.8, 4) is 17.0 Å². The second-order valence-electron chi connectivity index (χ2n) is 9.08. The molecule has 1 fully saturated rings. The molecule has 190 valence electrons. The number of morpholine rings is 1. The SMILES string of the molecule is Nc1ccc(/C=C/C(=O)CCC2Cc3cc(-c4ccc(C(=O)N5CCOCC5)cn4)cc(Cl)c3O2)cn1. The van der Waals surface area contributed by atoms with Crippen LogP contribution in [0.2, 0.25) is 5.02 Å². The normalized spacial score (nSPS) is 17.0. The fourth-order valence-corrected chi connectivity index (χ4v) is 4.71. The molecule has 2 aliphatic heterocycles.